The van der Waals surface area contributed by atoms with Gasteiger partial charge in [0.15, 0.2) is 5.75 Å². The van der Waals surface area contributed by atoms with Crippen LogP contribution in [0.3, 0.4) is 0 Å². The zero-order valence-corrected chi connectivity index (χ0v) is 9.42. The van der Waals surface area contributed by atoms with Crippen molar-refractivity contribution in [2.45, 2.75) is 6.18 Å². The van der Waals surface area contributed by atoms with E-state index in [1.165, 1.54) is 0 Å². The molecule has 0 unspecified atom stereocenters. The maximum atomic E-state index is 12.4. The minimum Gasteiger partial charge on any atom is -0.490 e. The second kappa shape index (κ2) is 4.28. The first-order valence-electron chi connectivity index (χ1n) is 3.87. The molecule has 0 aliphatic heterocycles. The maximum absolute atomic E-state index is 12.4. The van der Waals surface area contributed by atoms with Gasteiger partial charge in [-0.3, -0.25) is 10.1 Å². The number of ether oxygens (including phenoxy) is 1. The monoisotopic (exact) mass is 299 g/mol. The van der Waals surface area contributed by atoms with E-state index in [1.807, 2.05) is 0 Å². The molecular weight excluding hydrogens is 295 g/mol. The molecule has 0 fully saturated rings. The second-order valence-electron chi connectivity index (χ2n) is 2.73. The Kier molecular flexibility index (Phi) is 3.41. The molecular formula is C8H5BrF3NO3. The SMILES string of the molecule is COc1ccc(C(F)(F)F)c(Br)c1[N+](=O)[O-]. The lowest BCUT2D eigenvalue weighted by molar-refractivity contribution is -0.386. The Labute approximate surface area is 96.3 Å². The van der Waals surface area contributed by atoms with Crippen molar-refractivity contribution in [3.8, 4) is 5.75 Å². The Morgan fingerprint density at radius 2 is 2.00 bits per heavy atom. The molecule has 0 saturated heterocycles. The van der Waals surface area contributed by atoms with Crippen LogP contribution in [0.5, 0.6) is 5.75 Å². The van der Waals surface area contributed by atoms with Crippen molar-refractivity contribution in [1.82, 2.24) is 0 Å². The summed E-state index contributed by atoms with van der Waals surface area (Å²) in [5.41, 5.74) is -1.85. The fourth-order valence-electron chi connectivity index (χ4n) is 1.10. The van der Waals surface area contributed by atoms with Gasteiger partial charge in [0.2, 0.25) is 0 Å². The smallest absolute Gasteiger partial charge is 0.417 e. The van der Waals surface area contributed by atoms with Crippen LogP contribution in [0.25, 0.3) is 0 Å². The van der Waals surface area contributed by atoms with Crippen molar-refractivity contribution in [3.05, 3.63) is 32.3 Å². The van der Waals surface area contributed by atoms with Gasteiger partial charge in [0.1, 0.15) is 4.47 Å². The molecule has 0 atom stereocenters. The number of nitrogens with zero attached hydrogens (tertiary/aromatic N) is 1. The summed E-state index contributed by atoms with van der Waals surface area (Å²) in [5.74, 6) is -0.232. The van der Waals surface area contributed by atoms with E-state index in [9.17, 15) is 23.3 Å². The lowest BCUT2D eigenvalue weighted by Gasteiger charge is -2.10. The zero-order valence-electron chi connectivity index (χ0n) is 7.84. The molecule has 4 nitrogen and oxygen atoms in total. The molecule has 0 spiro atoms. The normalized spacial score (nSPS) is 11.3. The van der Waals surface area contributed by atoms with Gasteiger partial charge in [0.05, 0.1) is 17.6 Å². The quantitative estimate of drug-likeness (QED) is 0.621. The van der Waals surface area contributed by atoms with E-state index in [0.29, 0.717) is 0 Å². The van der Waals surface area contributed by atoms with Gasteiger partial charge in [0, 0.05) is 0 Å². The molecule has 8 heteroatoms. The van der Waals surface area contributed by atoms with Crippen molar-refractivity contribution < 1.29 is 22.8 Å². The third-order valence-electron chi connectivity index (χ3n) is 1.79. The number of rotatable bonds is 2. The number of hydrogen-bond donors (Lipinski definition) is 0. The van der Waals surface area contributed by atoms with Crippen LogP contribution in [-0.4, -0.2) is 12.0 Å². The van der Waals surface area contributed by atoms with E-state index in [1.54, 1.807) is 0 Å². The highest BCUT2D eigenvalue weighted by molar-refractivity contribution is 9.10. The van der Waals surface area contributed by atoms with E-state index < -0.39 is 26.8 Å². The fourth-order valence-corrected chi connectivity index (χ4v) is 1.80. The minimum atomic E-state index is -4.66. The highest BCUT2D eigenvalue weighted by Gasteiger charge is 2.37. The van der Waals surface area contributed by atoms with Crippen LogP contribution in [0.4, 0.5) is 18.9 Å². The molecule has 1 aromatic rings. The summed E-state index contributed by atoms with van der Waals surface area (Å²) in [7, 11) is 1.14. The van der Waals surface area contributed by atoms with Crippen LogP contribution in [0.1, 0.15) is 5.56 Å². The van der Waals surface area contributed by atoms with Gasteiger partial charge in [-0.05, 0) is 28.1 Å². The first-order valence-corrected chi connectivity index (χ1v) is 4.66. The van der Waals surface area contributed by atoms with Crippen molar-refractivity contribution in [2.24, 2.45) is 0 Å². The lowest BCUT2D eigenvalue weighted by atomic mass is 10.2. The molecule has 0 aromatic heterocycles. The number of nitro groups is 1. The van der Waals surface area contributed by atoms with E-state index in [4.69, 9.17) is 0 Å². The van der Waals surface area contributed by atoms with Gasteiger partial charge in [-0.25, -0.2) is 0 Å². The number of alkyl halides is 3. The minimum absolute atomic E-state index is 0.232. The van der Waals surface area contributed by atoms with Gasteiger partial charge in [-0.15, -0.1) is 0 Å². The van der Waals surface area contributed by atoms with Gasteiger partial charge < -0.3 is 4.74 Å². The van der Waals surface area contributed by atoms with Crippen LogP contribution in [-0.2, 0) is 6.18 Å². The molecule has 88 valence electrons. The van der Waals surface area contributed by atoms with Crippen LogP contribution >= 0.6 is 15.9 Å². The largest absolute Gasteiger partial charge is 0.490 e. The molecule has 0 aliphatic carbocycles. The number of methoxy groups -OCH3 is 1. The van der Waals surface area contributed by atoms with Crippen LogP contribution < -0.4 is 4.74 Å². The topological polar surface area (TPSA) is 52.4 Å². The Morgan fingerprint density at radius 1 is 1.44 bits per heavy atom. The maximum Gasteiger partial charge on any atom is 0.417 e. The second-order valence-corrected chi connectivity index (χ2v) is 3.53. The van der Waals surface area contributed by atoms with Crippen LogP contribution in [0, 0.1) is 10.1 Å². The highest BCUT2D eigenvalue weighted by Crippen LogP contribution is 2.43. The number of halogens is 4. The summed E-state index contributed by atoms with van der Waals surface area (Å²) in [6, 6.07) is 1.63. The Bertz CT molecular complexity index is 433. The van der Waals surface area contributed by atoms with Gasteiger partial charge in [-0.2, -0.15) is 13.2 Å². The fraction of sp³-hybridized carbons (Fsp3) is 0.250. The molecule has 16 heavy (non-hydrogen) atoms. The van der Waals surface area contributed by atoms with Gasteiger partial charge in [-0.1, -0.05) is 0 Å². The summed E-state index contributed by atoms with van der Waals surface area (Å²) < 4.78 is 41.3. The number of benzene rings is 1. The average Bonchev–Trinajstić information content (AvgIpc) is 2.14. The first kappa shape index (κ1) is 12.8. The summed E-state index contributed by atoms with van der Waals surface area (Å²) in [6.45, 7) is 0. The highest BCUT2D eigenvalue weighted by atomic mass is 79.9. The molecule has 1 rings (SSSR count). The van der Waals surface area contributed by atoms with E-state index in [2.05, 4.69) is 20.7 Å². The predicted octanol–water partition coefficient (Wildman–Crippen LogP) is 3.38. The summed E-state index contributed by atoms with van der Waals surface area (Å²) >= 11 is 2.57. The van der Waals surface area contributed by atoms with Crippen LogP contribution in [0.2, 0.25) is 0 Å². The molecule has 0 saturated carbocycles. The van der Waals surface area contributed by atoms with E-state index in [0.717, 1.165) is 19.2 Å². The van der Waals surface area contributed by atoms with E-state index >= 15 is 0 Å². The third kappa shape index (κ3) is 2.26. The van der Waals surface area contributed by atoms with Gasteiger partial charge >= 0.3 is 11.9 Å². The molecule has 1 aromatic carbocycles. The Morgan fingerprint density at radius 3 is 2.38 bits per heavy atom. The molecule has 0 bridgehead atoms. The summed E-state index contributed by atoms with van der Waals surface area (Å²) in [4.78, 5) is 9.68. The lowest BCUT2D eigenvalue weighted by Crippen LogP contribution is -2.08. The van der Waals surface area contributed by atoms with E-state index in [-0.39, 0.29) is 5.75 Å². The molecule has 0 heterocycles. The van der Waals surface area contributed by atoms with Crippen molar-refractivity contribution in [3.63, 3.8) is 0 Å². The Balaban J connectivity index is 3.50. The summed E-state index contributed by atoms with van der Waals surface area (Å²) in [6.07, 6.45) is -4.66. The predicted molar refractivity (Wildman–Crippen MR) is 52.4 cm³/mol. The zero-order chi connectivity index (χ0) is 12.5. The molecule has 0 N–H and O–H groups in total. The average molecular weight is 300 g/mol. The number of hydrogen-bond acceptors (Lipinski definition) is 3. The van der Waals surface area contributed by atoms with Crippen molar-refractivity contribution >= 4 is 21.6 Å². The van der Waals surface area contributed by atoms with Crippen molar-refractivity contribution in [2.75, 3.05) is 7.11 Å². The van der Waals surface area contributed by atoms with Crippen molar-refractivity contribution in [1.29, 1.82) is 0 Å². The summed E-state index contributed by atoms with van der Waals surface area (Å²) in [5, 5.41) is 10.6. The Hall–Kier alpha value is -1.31. The first-order chi connectivity index (χ1) is 7.29. The number of nitro benzene ring substituents is 1. The van der Waals surface area contributed by atoms with Crippen LogP contribution in [0.15, 0.2) is 16.6 Å². The molecule has 0 radical (unpaired) electrons. The molecule has 0 amide bonds. The molecule has 0 aliphatic rings. The third-order valence-corrected chi connectivity index (χ3v) is 2.59. The van der Waals surface area contributed by atoms with Gasteiger partial charge in [0.25, 0.3) is 0 Å². The standard InChI is InChI=1S/C8H5BrF3NO3/c1-16-5-3-2-4(8(10,11)12)6(9)7(5)13(14)15/h2-3H,1H3.